The maximum absolute atomic E-state index is 12.0. The molecule has 0 bridgehead atoms. The van der Waals surface area contributed by atoms with Crippen LogP contribution in [0.3, 0.4) is 0 Å². The molecule has 0 atom stereocenters. The van der Waals surface area contributed by atoms with E-state index < -0.39 is 0 Å². The molecule has 0 unspecified atom stereocenters. The normalized spacial score (nSPS) is 10.2. The van der Waals surface area contributed by atoms with Gasteiger partial charge in [-0.05, 0) is 65.4 Å². The van der Waals surface area contributed by atoms with Gasteiger partial charge in [-0.25, -0.2) is 0 Å². The van der Waals surface area contributed by atoms with E-state index in [0.29, 0.717) is 12.1 Å². The Kier molecular flexibility index (Phi) is 6.59. The van der Waals surface area contributed by atoms with E-state index in [9.17, 15) is 9.59 Å². The zero-order valence-electron chi connectivity index (χ0n) is 12.5. The van der Waals surface area contributed by atoms with Gasteiger partial charge in [-0.1, -0.05) is 28.1 Å². The van der Waals surface area contributed by atoms with Crippen LogP contribution in [-0.2, 0) is 4.79 Å². The second-order valence-corrected chi connectivity index (χ2v) is 7.18. The van der Waals surface area contributed by atoms with Gasteiger partial charge >= 0.3 is 0 Å². The second kappa shape index (κ2) is 8.44. The van der Waals surface area contributed by atoms with Crippen LogP contribution in [0.4, 0.5) is 5.69 Å². The van der Waals surface area contributed by atoms with Gasteiger partial charge in [0.05, 0.1) is 0 Å². The summed E-state index contributed by atoms with van der Waals surface area (Å²) in [6.07, 6.45) is 0.224. The zero-order chi connectivity index (χ0) is 16.8. The molecule has 6 heteroatoms. The molecule has 120 valence electrons. The molecule has 4 nitrogen and oxygen atoms in total. The largest absolute Gasteiger partial charge is 0.352 e. The lowest BCUT2D eigenvalue weighted by molar-refractivity contribution is -0.116. The van der Waals surface area contributed by atoms with Gasteiger partial charge in [-0.3, -0.25) is 9.59 Å². The van der Waals surface area contributed by atoms with E-state index in [0.717, 1.165) is 19.3 Å². The van der Waals surface area contributed by atoms with Gasteiger partial charge in [0.1, 0.15) is 0 Å². The lowest BCUT2D eigenvalue weighted by atomic mass is 10.2. The first-order valence-corrected chi connectivity index (χ1v) is 8.92. The SMILES string of the molecule is Cc1ccc(Br)cc1NC(=O)CCNC(=O)c1cccc(I)c1. The minimum absolute atomic E-state index is 0.130. The molecule has 2 amide bonds. The standard InChI is InChI=1S/C17H16BrIN2O2/c1-11-5-6-13(18)10-15(11)21-16(22)7-8-20-17(23)12-3-2-4-14(19)9-12/h2-6,9-10H,7-8H2,1H3,(H,20,23)(H,21,22). The van der Waals surface area contributed by atoms with Crippen molar-refractivity contribution in [1.29, 1.82) is 0 Å². The summed E-state index contributed by atoms with van der Waals surface area (Å²) in [4.78, 5) is 24.0. The van der Waals surface area contributed by atoms with Crippen LogP contribution in [0.1, 0.15) is 22.3 Å². The number of hydrogen-bond acceptors (Lipinski definition) is 2. The smallest absolute Gasteiger partial charge is 0.251 e. The first-order valence-electron chi connectivity index (χ1n) is 7.05. The van der Waals surface area contributed by atoms with Crippen molar-refractivity contribution >= 4 is 56.0 Å². The third-order valence-electron chi connectivity index (χ3n) is 3.20. The Balaban J connectivity index is 1.83. The predicted molar refractivity (Wildman–Crippen MR) is 104 cm³/mol. The molecule has 0 fully saturated rings. The van der Waals surface area contributed by atoms with Crippen LogP contribution in [0.25, 0.3) is 0 Å². The van der Waals surface area contributed by atoms with E-state index in [1.54, 1.807) is 12.1 Å². The van der Waals surface area contributed by atoms with E-state index in [1.165, 1.54) is 0 Å². The van der Waals surface area contributed by atoms with E-state index >= 15 is 0 Å². The molecule has 0 saturated carbocycles. The average molecular weight is 487 g/mol. The summed E-state index contributed by atoms with van der Waals surface area (Å²) >= 11 is 5.54. The molecule has 23 heavy (non-hydrogen) atoms. The fourth-order valence-electron chi connectivity index (χ4n) is 1.96. The Labute approximate surface area is 157 Å². The van der Waals surface area contributed by atoms with E-state index in [1.807, 2.05) is 37.3 Å². The van der Waals surface area contributed by atoms with Crippen molar-refractivity contribution in [2.45, 2.75) is 13.3 Å². The molecule has 2 aromatic rings. The number of hydrogen-bond donors (Lipinski definition) is 2. The van der Waals surface area contributed by atoms with E-state index in [2.05, 4.69) is 49.2 Å². The molecular weight excluding hydrogens is 471 g/mol. The summed E-state index contributed by atoms with van der Waals surface area (Å²) in [5, 5.41) is 5.61. The number of carbonyl (C=O) groups is 2. The van der Waals surface area contributed by atoms with Crippen LogP contribution in [0.2, 0.25) is 0 Å². The van der Waals surface area contributed by atoms with Crippen molar-refractivity contribution in [2.75, 3.05) is 11.9 Å². The third-order valence-corrected chi connectivity index (χ3v) is 4.36. The Morgan fingerprint density at radius 2 is 1.96 bits per heavy atom. The number of benzene rings is 2. The molecule has 0 heterocycles. The fourth-order valence-corrected chi connectivity index (χ4v) is 2.87. The van der Waals surface area contributed by atoms with Crippen molar-refractivity contribution in [3.8, 4) is 0 Å². The third kappa shape index (κ3) is 5.62. The molecule has 0 aliphatic rings. The summed E-state index contributed by atoms with van der Waals surface area (Å²) in [6, 6.07) is 13.0. The number of amides is 2. The monoisotopic (exact) mass is 486 g/mol. The van der Waals surface area contributed by atoms with Gasteiger partial charge in [0.15, 0.2) is 0 Å². The highest BCUT2D eigenvalue weighted by atomic mass is 127. The summed E-state index contributed by atoms with van der Waals surface area (Å²) < 4.78 is 1.91. The lowest BCUT2D eigenvalue weighted by Gasteiger charge is -2.09. The topological polar surface area (TPSA) is 58.2 Å². The number of carbonyl (C=O) groups excluding carboxylic acids is 2. The van der Waals surface area contributed by atoms with Crippen molar-refractivity contribution in [3.05, 3.63) is 61.6 Å². The lowest BCUT2D eigenvalue weighted by Crippen LogP contribution is -2.27. The molecule has 2 aromatic carbocycles. The van der Waals surface area contributed by atoms with Crippen LogP contribution >= 0.6 is 38.5 Å². The van der Waals surface area contributed by atoms with Crippen LogP contribution in [0.5, 0.6) is 0 Å². The molecule has 0 radical (unpaired) electrons. The summed E-state index contributed by atoms with van der Waals surface area (Å²) in [6.45, 7) is 2.23. The first-order chi connectivity index (χ1) is 11.0. The quantitative estimate of drug-likeness (QED) is 0.624. The van der Waals surface area contributed by atoms with E-state index in [4.69, 9.17) is 0 Å². The van der Waals surface area contributed by atoms with Crippen molar-refractivity contribution in [3.63, 3.8) is 0 Å². The Hall–Kier alpha value is -1.41. The summed E-state index contributed by atoms with van der Waals surface area (Å²) in [5.41, 5.74) is 2.36. The van der Waals surface area contributed by atoms with Gasteiger partial charge in [0, 0.05) is 32.3 Å². The van der Waals surface area contributed by atoms with Gasteiger partial charge in [-0.15, -0.1) is 0 Å². The number of halogens is 2. The molecule has 2 rings (SSSR count). The number of aryl methyl sites for hydroxylation is 1. The first kappa shape index (κ1) is 17.9. The highest BCUT2D eigenvalue weighted by molar-refractivity contribution is 14.1. The van der Waals surface area contributed by atoms with Crippen molar-refractivity contribution in [1.82, 2.24) is 5.32 Å². The Morgan fingerprint density at radius 3 is 2.70 bits per heavy atom. The Morgan fingerprint density at radius 1 is 1.17 bits per heavy atom. The predicted octanol–water partition coefficient (Wildman–Crippen LogP) is 4.12. The molecule has 2 N–H and O–H groups in total. The Bertz CT molecular complexity index is 734. The molecule has 0 aromatic heterocycles. The molecule has 0 saturated heterocycles. The van der Waals surface area contributed by atoms with Crippen LogP contribution in [-0.4, -0.2) is 18.4 Å². The van der Waals surface area contributed by atoms with Crippen molar-refractivity contribution in [2.24, 2.45) is 0 Å². The minimum atomic E-state index is -0.171. The molecular formula is C17H16BrIN2O2. The van der Waals surface area contributed by atoms with Gasteiger partial charge in [0.25, 0.3) is 5.91 Å². The summed E-state index contributed by atoms with van der Waals surface area (Å²) in [5.74, 6) is -0.302. The van der Waals surface area contributed by atoms with Crippen LogP contribution in [0.15, 0.2) is 46.9 Å². The van der Waals surface area contributed by atoms with Gasteiger partial charge in [0.2, 0.25) is 5.91 Å². The van der Waals surface area contributed by atoms with Crippen LogP contribution in [0, 0.1) is 10.5 Å². The average Bonchev–Trinajstić information content (AvgIpc) is 2.51. The molecule has 0 aliphatic carbocycles. The number of nitrogens with one attached hydrogen (secondary N) is 2. The maximum Gasteiger partial charge on any atom is 0.251 e. The number of rotatable bonds is 5. The van der Waals surface area contributed by atoms with Crippen LogP contribution < -0.4 is 10.6 Å². The maximum atomic E-state index is 12.0. The number of anilines is 1. The summed E-state index contributed by atoms with van der Waals surface area (Å²) in [7, 11) is 0. The van der Waals surface area contributed by atoms with Gasteiger partial charge < -0.3 is 10.6 Å². The minimum Gasteiger partial charge on any atom is -0.352 e. The molecule has 0 aliphatic heterocycles. The zero-order valence-corrected chi connectivity index (χ0v) is 16.3. The van der Waals surface area contributed by atoms with E-state index in [-0.39, 0.29) is 18.2 Å². The fraction of sp³-hybridized carbons (Fsp3) is 0.176. The molecule has 0 spiro atoms. The second-order valence-electron chi connectivity index (χ2n) is 5.02. The highest BCUT2D eigenvalue weighted by Crippen LogP contribution is 2.20. The van der Waals surface area contributed by atoms with Crippen molar-refractivity contribution < 1.29 is 9.59 Å². The van der Waals surface area contributed by atoms with Gasteiger partial charge in [-0.2, -0.15) is 0 Å². The highest BCUT2D eigenvalue weighted by Gasteiger charge is 2.08.